The Morgan fingerprint density at radius 2 is 1.92 bits per heavy atom. The van der Waals surface area contributed by atoms with Gasteiger partial charge in [0.1, 0.15) is 5.38 Å². The van der Waals surface area contributed by atoms with Gasteiger partial charge >= 0.3 is 0 Å². The zero-order valence-corrected chi connectivity index (χ0v) is 10.0. The Morgan fingerprint density at radius 1 is 1.46 bits per heavy atom. The number of carbonyl (C=O) groups excluding carboxylic acids is 1. The van der Waals surface area contributed by atoms with Crippen LogP contribution < -0.4 is 5.32 Å². The van der Waals surface area contributed by atoms with Gasteiger partial charge in [-0.15, -0.1) is 23.2 Å². The molecule has 0 aromatic rings. The molecule has 1 unspecified atom stereocenters. The Balaban J connectivity index is 4.25. The van der Waals surface area contributed by atoms with Crippen molar-refractivity contribution in [3.63, 3.8) is 0 Å². The fourth-order valence-electron chi connectivity index (χ4n) is 0.780. The molecule has 0 aliphatic rings. The Morgan fingerprint density at radius 3 is 2.23 bits per heavy atom. The normalized spacial score (nSPS) is 14.4. The largest absolute Gasteiger partial charge is 0.353 e. The third-order valence-corrected chi connectivity index (χ3v) is 3.17. The van der Waals surface area contributed by atoms with Gasteiger partial charge in [0.05, 0.1) is 0 Å². The van der Waals surface area contributed by atoms with E-state index in [-0.39, 0.29) is 17.4 Å². The molecule has 0 bridgehead atoms. The van der Waals surface area contributed by atoms with Crippen molar-refractivity contribution in [1.29, 1.82) is 0 Å². The van der Waals surface area contributed by atoms with Crippen molar-refractivity contribution in [1.82, 2.24) is 5.32 Å². The lowest BCUT2D eigenvalue weighted by molar-refractivity contribution is -0.122. The van der Waals surface area contributed by atoms with Crippen molar-refractivity contribution >= 4 is 29.1 Å². The highest BCUT2D eigenvalue weighted by Gasteiger charge is 2.32. The third kappa shape index (κ3) is 4.19. The summed E-state index contributed by atoms with van der Waals surface area (Å²) in [6.45, 7) is 7.54. The number of hydrogen-bond donors (Lipinski definition) is 1. The molecule has 0 saturated carbocycles. The number of nitrogens with one attached hydrogen (secondary N) is 1. The molecule has 0 heterocycles. The van der Waals surface area contributed by atoms with Crippen molar-refractivity contribution < 1.29 is 4.79 Å². The maximum atomic E-state index is 11.5. The molecule has 1 N–H and O–H groups in total. The minimum atomic E-state index is -0.576. The summed E-state index contributed by atoms with van der Waals surface area (Å²) in [5.74, 6) is 0.217. The molecule has 0 aromatic heterocycles. The molecule has 78 valence electrons. The van der Waals surface area contributed by atoms with Crippen LogP contribution in [0.3, 0.4) is 0 Å². The van der Waals surface area contributed by atoms with Gasteiger partial charge in [-0.1, -0.05) is 13.8 Å². The predicted molar refractivity (Wildman–Crippen MR) is 57.4 cm³/mol. The number of hydrogen-bond acceptors (Lipinski definition) is 1. The number of alkyl halides is 2. The molecule has 0 radical (unpaired) electrons. The summed E-state index contributed by atoms with van der Waals surface area (Å²) >= 11 is 11.7. The number of halogens is 2. The van der Waals surface area contributed by atoms with E-state index in [9.17, 15) is 4.79 Å². The summed E-state index contributed by atoms with van der Waals surface area (Å²) in [5, 5.41) is 2.18. The number of rotatable bonds is 4. The first-order chi connectivity index (χ1) is 5.81. The van der Waals surface area contributed by atoms with Gasteiger partial charge in [-0.25, -0.2) is 0 Å². The molecule has 0 aliphatic heterocycles. The highest BCUT2D eigenvalue weighted by atomic mass is 35.5. The Kier molecular flexibility index (Phi) is 5.08. The van der Waals surface area contributed by atoms with Crippen LogP contribution in [0.5, 0.6) is 0 Å². The monoisotopic (exact) mass is 225 g/mol. The van der Waals surface area contributed by atoms with E-state index in [2.05, 4.69) is 5.32 Å². The summed E-state index contributed by atoms with van der Waals surface area (Å²) in [6.07, 6.45) is 0. The second kappa shape index (κ2) is 5.06. The number of carbonyl (C=O) groups is 1. The lowest BCUT2D eigenvalue weighted by Gasteiger charge is -2.27. The van der Waals surface area contributed by atoms with Gasteiger partial charge in [-0.05, 0) is 13.8 Å². The molecule has 1 atom stereocenters. The van der Waals surface area contributed by atoms with Crippen LogP contribution in [-0.4, -0.2) is 23.2 Å². The van der Waals surface area contributed by atoms with E-state index >= 15 is 0 Å². The lowest BCUT2D eigenvalue weighted by Crippen LogP contribution is -2.43. The number of amides is 1. The lowest BCUT2D eigenvalue weighted by atomic mass is 9.91. The molecule has 0 fully saturated rings. The second-order valence-corrected chi connectivity index (χ2v) is 4.85. The molecule has 0 saturated heterocycles. The molecule has 2 nitrogen and oxygen atoms in total. The zero-order chi connectivity index (χ0) is 10.6. The van der Waals surface area contributed by atoms with Crippen molar-refractivity contribution in [3.05, 3.63) is 0 Å². The highest BCUT2D eigenvalue weighted by molar-refractivity contribution is 6.32. The van der Waals surface area contributed by atoms with E-state index in [1.54, 1.807) is 0 Å². The van der Waals surface area contributed by atoms with Gasteiger partial charge in [-0.3, -0.25) is 4.79 Å². The molecular formula is C9H17Cl2NO. The van der Waals surface area contributed by atoms with Crippen LogP contribution in [0.4, 0.5) is 0 Å². The van der Waals surface area contributed by atoms with E-state index in [0.717, 1.165) is 0 Å². The van der Waals surface area contributed by atoms with Gasteiger partial charge in [0, 0.05) is 17.3 Å². The topological polar surface area (TPSA) is 29.1 Å². The predicted octanol–water partition coefficient (Wildman–Crippen LogP) is 2.38. The van der Waals surface area contributed by atoms with E-state index in [1.165, 1.54) is 0 Å². The molecular weight excluding hydrogens is 209 g/mol. The van der Waals surface area contributed by atoms with Crippen molar-refractivity contribution in [2.75, 3.05) is 5.88 Å². The van der Waals surface area contributed by atoms with Crippen LogP contribution >= 0.6 is 23.2 Å². The standard InChI is InChI=1S/C9H17Cl2NO/c1-6(2)12-8(13)7(11)9(3,4)5-10/h6-7H,5H2,1-4H3,(H,12,13). The second-order valence-electron chi connectivity index (χ2n) is 4.15. The maximum absolute atomic E-state index is 11.5. The van der Waals surface area contributed by atoms with Crippen LogP contribution in [0.2, 0.25) is 0 Å². The average molecular weight is 226 g/mol. The first-order valence-electron chi connectivity index (χ1n) is 4.31. The maximum Gasteiger partial charge on any atom is 0.238 e. The fraction of sp³-hybridized carbons (Fsp3) is 0.889. The van der Waals surface area contributed by atoms with Crippen LogP contribution in [0.25, 0.3) is 0 Å². The molecule has 0 rings (SSSR count). The Bertz CT molecular complexity index is 180. The minimum absolute atomic E-state index is 0.111. The van der Waals surface area contributed by atoms with Gasteiger partial charge in [0.2, 0.25) is 5.91 Å². The smallest absolute Gasteiger partial charge is 0.238 e. The molecule has 4 heteroatoms. The van der Waals surface area contributed by atoms with E-state index < -0.39 is 5.38 Å². The summed E-state index contributed by atoms with van der Waals surface area (Å²) in [4.78, 5) is 11.5. The van der Waals surface area contributed by atoms with Crippen LogP contribution in [0, 0.1) is 5.41 Å². The van der Waals surface area contributed by atoms with Crippen molar-refractivity contribution in [2.45, 2.75) is 39.1 Å². The van der Waals surface area contributed by atoms with Gasteiger partial charge in [-0.2, -0.15) is 0 Å². The molecule has 13 heavy (non-hydrogen) atoms. The van der Waals surface area contributed by atoms with Crippen LogP contribution in [0.1, 0.15) is 27.7 Å². The molecule has 0 aliphatic carbocycles. The first kappa shape index (κ1) is 13.1. The third-order valence-electron chi connectivity index (χ3n) is 1.69. The summed E-state index contributed by atoms with van der Waals surface area (Å²) in [6, 6.07) is 0.111. The van der Waals surface area contributed by atoms with E-state index in [1.807, 2.05) is 27.7 Å². The highest BCUT2D eigenvalue weighted by Crippen LogP contribution is 2.27. The van der Waals surface area contributed by atoms with Gasteiger partial charge in [0.25, 0.3) is 0 Å². The molecule has 0 spiro atoms. The van der Waals surface area contributed by atoms with Crippen LogP contribution in [0.15, 0.2) is 0 Å². The first-order valence-corrected chi connectivity index (χ1v) is 5.28. The quantitative estimate of drug-likeness (QED) is 0.732. The van der Waals surface area contributed by atoms with Gasteiger partial charge in [0.15, 0.2) is 0 Å². The fourth-order valence-corrected chi connectivity index (χ4v) is 1.15. The van der Waals surface area contributed by atoms with Crippen molar-refractivity contribution in [3.8, 4) is 0 Å². The zero-order valence-electron chi connectivity index (χ0n) is 8.53. The Hall–Kier alpha value is 0.0500. The molecule has 1 amide bonds. The summed E-state index contributed by atoms with van der Waals surface area (Å²) in [7, 11) is 0. The molecule has 0 aromatic carbocycles. The van der Waals surface area contributed by atoms with Crippen LogP contribution in [-0.2, 0) is 4.79 Å². The minimum Gasteiger partial charge on any atom is -0.353 e. The summed E-state index contributed by atoms with van der Waals surface area (Å²) < 4.78 is 0. The average Bonchev–Trinajstić information content (AvgIpc) is 2.01. The Labute approximate surface area is 90.0 Å². The van der Waals surface area contributed by atoms with E-state index in [4.69, 9.17) is 23.2 Å². The van der Waals surface area contributed by atoms with E-state index in [0.29, 0.717) is 5.88 Å². The van der Waals surface area contributed by atoms with Crippen molar-refractivity contribution in [2.24, 2.45) is 5.41 Å². The SMILES string of the molecule is CC(C)NC(=O)C(Cl)C(C)(C)CCl. The summed E-state index contributed by atoms with van der Waals surface area (Å²) in [5.41, 5.74) is -0.373. The van der Waals surface area contributed by atoms with Gasteiger partial charge < -0.3 is 5.32 Å².